The Bertz CT molecular complexity index is 3010. The number of hydrogen-bond donors (Lipinski definition) is 2. The first-order valence-electron chi connectivity index (χ1n) is 23.5. The maximum Gasteiger partial charge on any atom is 0.573 e. The quantitative estimate of drug-likeness (QED) is 0.0675. The lowest BCUT2D eigenvalue weighted by molar-refractivity contribution is -0.275. The van der Waals surface area contributed by atoms with Crippen LogP contribution in [0.15, 0.2) is 133 Å². The van der Waals surface area contributed by atoms with Crippen molar-refractivity contribution in [3.8, 4) is 56.8 Å². The summed E-state index contributed by atoms with van der Waals surface area (Å²) in [5.41, 5.74) is 9.49. The lowest BCUT2D eigenvalue weighted by Gasteiger charge is -2.40. The van der Waals surface area contributed by atoms with Crippen LogP contribution in [0.1, 0.15) is 37.6 Å². The Morgan fingerprint density at radius 2 is 0.938 bits per heavy atom. The molecule has 2 atom stereocenters. The number of nitrogens with zero attached hydrogens (tertiary/aromatic N) is 2. The van der Waals surface area contributed by atoms with Crippen LogP contribution in [0, 0.1) is 0 Å². The van der Waals surface area contributed by atoms with Gasteiger partial charge < -0.3 is 49.3 Å². The Labute approximate surface area is 464 Å². The van der Waals surface area contributed by atoms with Gasteiger partial charge in [-0.1, -0.05) is 80.2 Å². The molecule has 8 rings (SSSR count). The molecule has 2 heterocycles. The van der Waals surface area contributed by atoms with Crippen LogP contribution in [0.3, 0.4) is 0 Å². The number of halogens is 16. The van der Waals surface area contributed by atoms with Crippen LogP contribution in [0.5, 0.6) is 34.5 Å². The van der Waals surface area contributed by atoms with Crippen molar-refractivity contribution in [1.29, 1.82) is 0 Å². The fourth-order valence-corrected chi connectivity index (χ4v) is 8.39. The third-order valence-electron chi connectivity index (χ3n) is 11.5. The van der Waals surface area contributed by atoms with Gasteiger partial charge in [-0.25, -0.2) is 0 Å². The van der Waals surface area contributed by atoms with E-state index in [9.17, 15) is 66.3 Å². The number of rotatable bonds is 17. The van der Waals surface area contributed by atoms with Crippen LogP contribution in [-0.2, 0) is 4.79 Å². The Morgan fingerprint density at radius 3 is 1.30 bits per heavy atom. The zero-order chi connectivity index (χ0) is 58.6. The van der Waals surface area contributed by atoms with E-state index in [-0.39, 0.29) is 51.5 Å². The van der Waals surface area contributed by atoms with Gasteiger partial charge in [-0.15, -0.1) is 49.5 Å². The Balaban J connectivity index is 0.000000281. The Hall–Kier alpha value is -7.25. The summed E-state index contributed by atoms with van der Waals surface area (Å²) in [6, 6.07) is 30.3. The first-order chi connectivity index (χ1) is 37.7. The normalized spacial score (nSPS) is 15.0. The number of anilines is 2. The highest BCUT2D eigenvalue weighted by Crippen LogP contribution is 2.48. The van der Waals surface area contributed by atoms with Gasteiger partial charge in [0.05, 0.1) is 28.8 Å². The molecule has 81 heavy (non-hydrogen) atoms. The van der Waals surface area contributed by atoms with E-state index in [1.54, 1.807) is 60.7 Å². The minimum absolute atomic E-state index is 0. The molecule has 2 unspecified atom stereocenters. The first-order valence-corrected chi connectivity index (χ1v) is 24.5. The highest BCUT2D eigenvalue weighted by Gasteiger charge is 2.45. The Morgan fingerprint density at radius 1 is 0.580 bits per heavy atom. The van der Waals surface area contributed by atoms with E-state index in [2.05, 4.69) is 24.3 Å². The van der Waals surface area contributed by atoms with Gasteiger partial charge in [0, 0.05) is 44.2 Å². The topological polar surface area (TPSA) is 117 Å². The summed E-state index contributed by atoms with van der Waals surface area (Å²) in [7, 11) is 0. The van der Waals surface area contributed by atoms with Crippen LogP contribution in [-0.4, -0.2) is 88.4 Å². The number of amides is 1. The van der Waals surface area contributed by atoms with Crippen molar-refractivity contribution in [2.24, 2.45) is 5.73 Å². The molecule has 11 nitrogen and oxygen atoms in total. The molecule has 6 aromatic carbocycles. The van der Waals surface area contributed by atoms with Crippen molar-refractivity contribution in [1.82, 2.24) is 5.32 Å². The molecule has 440 valence electrons. The number of nitrogens with one attached hydrogen (secondary N) is 1. The second-order valence-electron chi connectivity index (χ2n) is 16.9. The number of benzene rings is 6. The highest BCUT2D eigenvalue weighted by molar-refractivity contribution is 6.40. The van der Waals surface area contributed by atoms with Crippen molar-refractivity contribution in [3.05, 3.63) is 145 Å². The molecule has 2 aliphatic rings. The molecule has 0 saturated carbocycles. The van der Waals surface area contributed by atoms with Crippen molar-refractivity contribution in [3.63, 3.8) is 0 Å². The van der Waals surface area contributed by atoms with E-state index in [4.69, 9.17) is 38.4 Å². The van der Waals surface area contributed by atoms with Crippen LogP contribution in [0.4, 0.5) is 72.8 Å². The van der Waals surface area contributed by atoms with E-state index in [0.29, 0.717) is 62.8 Å². The zero-order valence-corrected chi connectivity index (χ0v) is 42.8. The van der Waals surface area contributed by atoms with E-state index in [0.717, 1.165) is 18.2 Å². The number of carbonyl (C=O) groups excluding carboxylic acids is 1. The predicted octanol–water partition coefficient (Wildman–Crippen LogP) is 15.0. The average Bonchev–Trinajstić information content (AvgIpc) is 3.46. The highest BCUT2D eigenvalue weighted by atomic mass is 35.5. The lowest BCUT2D eigenvalue weighted by atomic mass is 9.98. The lowest BCUT2D eigenvalue weighted by Crippen LogP contribution is -2.41. The van der Waals surface area contributed by atoms with Gasteiger partial charge in [-0.05, 0) is 82.9 Å². The fourth-order valence-electron chi connectivity index (χ4n) is 8.39. The summed E-state index contributed by atoms with van der Waals surface area (Å²) in [6.45, 7) is 2.22. The van der Waals surface area contributed by atoms with Crippen molar-refractivity contribution >= 4 is 40.5 Å². The van der Waals surface area contributed by atoms with Gasteiger partial charge in [0.25, 0.3) is 0 Å². The zero-order valence-electron chi connectivity index (χ0n) is 41.3. The average molecular weight is 1200 g/mol. The van der Waals surface area contributed by atoms with Gasteiger partial charge in [0.1, 0.15) is 36.2 Å². The van der Waals surface area contributed by atoms with E-state index in [1.165, 1.54) is 61.5 Å². The van der Waals surface area contributed by atoms with Crippen LogP contribution < -0.4 is 49.3 Å². The van der Waals surface area contributed by atoms with Crippen LogP contribution >= 0.6 is 23.2 Å². The molecule has 3 N–H and O–H groups in total. The summed E-state index contributed by atoms with van der Waals surface area (Å²) in [5.74, 6) is -1.31. The number of hydrogen-bond acceptors (Lipinski definition) is 10. The maximum absolute atomic E-state index is 13.5. The standard InChI is InChI=1S/C27H23F7N2O4.C25H21F7N2O3.CH2Cl2.CH4/c1-16(37)35-11-12-36-22-10-4-9-21(17-5-2-8-20(13-17)40-27(32,33)34)24(22)38-15-23(36)18-6-3-7-19(14-18)39-26(30,31)25(28)29;26-23(27)24(28,29)36-17-6-2-5-16(13-17)21-14-35-22-19(8-3-9-20(22)34(21)11-10-33)15-4-1-7-18(12-15)37-25(30,31)32;2-1-3;/h2-10,13-14,23,25H,11-12,15H2,1H3,(H,35,37);1-9,12-13,21,23H,10-11,14,33H2;1H2;1H4. The third kappa shape index (κ3) is 17.6. The second kappa shape index (κ2) is 28.0. The molecule has 0 bridgehead atoms. The molecular formula is C54H50Cl2F14N4O7. The number of fused-ring (bicyclic) bond motifs is 2. The van der Waals surface area contributed by atoms with E-state index < -0.39 is 72.9 Å². The molecule has 0 aromatic heterocycles. The molecule has 0 aliphatic carbocycles. The van der Waals surface area contributed by atoms with E-state index in [1.807, 2.05) is 9.80 Å². The van der Waals surface area contributed by atoms with Gasteiger partial charge in [0.15, 0.2) is 11.5 Å². The van der Waals surface area contributed by atoms with Gasteiger partial charge in [0.2, 0.25) is 5.91 Å². The first kappa shape index (κ1) is 64.6. The monoisotopic (exact) mass is 1200 g/mol. The van der Waals surface area contributed by atoms with Crippen molar-refractivity contribution in [2.75, 3.05) is 54.5 Å². The van der Waals surface area contributed by atoms with Gasteiger partial charge in [-0.2, -0.15) is 35.1 Å². The van der Waals surface area contributed by atoms with Crippen molar-refractivity contribution in [2.45, 2.75) is 64.2 Å². The summed E-state index contributed by atoms with van der Waals surface area (Å²) < 4.78 is 209. The summed E-state index contributed by atoms with van der Waals surface area (Å²) >= 11 is 9.53. The van der Waals surface area contributed by atoms with Crippen LogP contribution in [0.2, 0.25) is 0 Å². The maximum atomic E-state index is 13.5. The molecule has 27 heteroatoms. The number of carbonyl (C=O) groups is 1. The largest absolute Gasteiger partial charge is 0.573 e. The summed E-state index contributed by atoms with van der Waals surface area (Å²) in [4.78, 5) is 15.2. The van der Waals surface area contributed by atoms with Crippen molar-refractivity contribution < 1.29 is 94.7 Å². The second-order valence-corrected chi connectivity index (χ2v) is 17.8. The number of ether oxygens (including phenoxy) is 6. The van der Waals surface area contributed by atoms with Gasteiger partial charge >= 0.3 is 37.8 Å². The molecule has 1 amide bonds. The summed E-state index contributed by atoms with van der Waals surface area (Å²) in [6.07, 6.45) is -27.1. The Kier molecular flexibility index (Phi) is 22.3. The molecular weight excluding hydrogens is 1150 g/mol. The smallest absolute Gasteiger partial charge is 0.488 e. The van der Waals surface area contributed by atoms with Gasteiger partial charge in [-0.3, -0.25) is 4.79 Å². The molecule has 0 fully saturated rings. The minimum Gasteiger partial charge on any atom is -0.488 e. The molecule has 0 saturated heterocycles. The number of alkyl halides is 16. The van der Waals surface area contributed by atoms with Crippen LogP contribution in [0.25, 0.3) is 22.3 Å². The molecule has 0 spiro atoms. The number of para-hydroxylation sites is 2. The molecule has 0 radical (unpaired) electrons. The SMILES string of the molecule is C.CC(=O)NCCN1c2cccc(-c3cccc(OC(F)(F)F)c3)c2OCC1c1cccc(OC(F)(F)C(F)F)c1.ClCCl.NCCN1c2cccc(-c3cccc(OC(F)(F)F)c3)c2OCC1c1cccc(OC(F)(F)C(F)F)c1. The fraction of sp³-hybridized carbons (Fsp3) is 0.315. The molecule has 2 aliphatic heterocycles. The third-order valence-corrected chi connectivity index (χ3v) is 11.5. The predicted molar refractivity (Wildman–Crippen MR) is 275 cm³/mol. The van der Waals surface area contributed by atoms with E-state index >= 15 is 0 Å². The minimum atomic E-state index is -4.88. The number of nitrogens with two attached hydrogens (primary N) is 1. The molecule has 6 aromatic rings. The summed E-state index contributed by atoms with van der Waals surface area (Å²) in [5, 5.41) is 2.87.